The Kier molecular flexibility index (Phi) is 6.75. The Balaban J connectivity index is 1.58. The van der Waals surface area contributed by atoms with E-state index in [1.165, 1.54) is 50.6 Å². The van der Waals surface area contributed by atoms with Crippen LogP contribution in [0.5, 0.6) is 17.2 Å². The summed E-state index contributed by atoms with van der Waals surface area (Å²) in [7, 11) is 2.75. The topological polar surface area (TPSA) is 61.1 Å². The van der Waals surface area contributed by atoms with Gasteiger partial charge in [0.15, 0.2) is 11.5 Å². The molecule has 0 atom stereocenters. The molecule has 0 saturated carbocycles. The van der Waals surface area contributed by atoms with E-state index >= 15 is 0 Å². The van der Waals surface area contributed by atoms with E-state index in [9.17, 15) is 22.4 Å². The summed E-state index contributed by atoms with van der Waals surface area (Å²) in [5.41, 5.74) is -0.362. The second-order valence-corrected chi connectivity index (χ2v) is 8.82. The smallest absolute Gasteiger partial charge is 0.450 e. The maximum Gasteiger partial charge on any atom is 0.450 e. The van der Waals surface area contributed by atoms with Gasteiger partial charge >= 0.3 is 6.18 Å². The molecule has 1 aliphatic heterocycles. The van der Waals surface area contributed by atoms with Crippen LogP contribution < -0.4 is 19.6 Å². The lowest BCUT2D eigenvalue weighted by Crippen LogP contribution is -2.34. The highest BCUT2D eigenvalue weighted by Gasteiger charge is 2.40. The summed E-state index contributed by atoms with van der Waals surface area (Å²) >= 11 is 0. The molecule has 0 aliphatic carbocycles. The predicted molar refractivity (Wildman–Crippen MR) is 132 cm³/mol. The lowest BCUT2D eigenvalue weighted by atomic mass is 9.99. The number of nitrogens with zero attached hydrogens (tertiary/aromatic N) is 1. The van der Waals surface area contributed by atoms with Gasteiger partial charge in [0.05, 0.1) is 30.7 Å². The molecule has 0 amide bonds. The average molecular weight is 529 g/mol. The van der Waals surface area contributed by atoms with Gasteiger partial charge in [-0.15, -0.1) is 0 Å². The van der Waals surface area contributed by atoms with E-state index in [1.54, 1.807) is 18.2 Å². The maximum atomic E-state index is 14.3. The number of fused-ring (bicyclic) bond motifs is 3. The summed E-state index contributed by atoms with van der Waals surface area (Å²) in [4.78, 5) is 15.4. The molecule has 3 aromatic carbocycles. The van der Waals surface area contributed by atoms with Crippen LogP contribution in [0.3, 0.4) is 0 Å². The molecule has 198 valence electrons. The highest BCUT2D eigenvalue weighted by Crippen LogP contribution is 2.41. The number of halogens is 4. The Morgan fingerprint density at radius 3 is 2.39 bits per heavy atom. The van der Waals surface area contributed by atoms with Crippen LogP contribution in [0.2, 0.25) is 0 Å². The molecule has 6 nitrogen and oxygen atoms in total. The van der Waals surface area contributed by atoms with Gasteiger partial charge in [-0.25, -0.2) is 4.39 Å². The standard InChI is InChI=1S/C28H23F4NO5/c1-35-22-9-5-17(13-23(22)36-2)24-25(34)19-8-10-21-20(26(19)38-27(24)28(30,31)32)14-33(15-37-21)12-11-16-3-6-18(29)7-4-16/h3-10,13H,11-12,14-15H2,1-2H3. The van der Waals surface area contributed by atoms with Crippen molar-refractivity contribution in [1.29, 1.82) is 0 Å². The molecule has 1 aromatic heterocycles. The molecule has 0 radical (unpaired) electrons. The van der Waals surface area contributed by atoms with E-state index in [2.05, 4.69) is 0 Å². The van der Waals surface area contributed by atoms with E-state index in [1.807, 2.05) is 4.90 Å². The highest BCUT2D eigenvalue weighted by molar-refractivity contribution is 5.87. The third-order valence-corrected chi connectivity index (χ3v) is 6.46. The first-order valence-electron chi connectivity index (χ1n) is 11.7. The van der Waals surface area contributed by atoms with Crippen LogP contribution in [0, 0.1) is 5.82 Å². The Morgan fingerprint density at radius 1 is 0.974 bits per heavy atom. The fourth-order valence-electron chi connectivity index (χ4n) is 4.55. The number of alkyl halides is 3. The minimum absolute atomic E-state index is 0.00511. The SMILES string of the molecule is COc1ccc(-c2c(C(F)(F)F)oc3c4c(ccc3c2=O)OCN(CCc2ccc(F)cc2)C4)cc1OC. The molecule has 10 heteroatoms. The van der Waals surface area contributed by atoms with Crippen molar-refractivity contribution in [3.8, 4) is 28.4 Å². The Bertz CT molecular complexity index is 1550. The molecule has 0 bridgehead atoms. The first-order valence-corrected chi connectivity index (χ1v) is 11.7. The zero-order valence-electron chi connectivity index (χ0n) is 20.5. The molecule has 38 heavy (non-hydrogen) atoms. The van der Waals surface area contributed by atoms with Gasteiger partial charge in [0.1, 0.15) is 23.9 Å². The summed E-state index contributed by atoms with van der Waals surface area (Å²) < 4.78 is 77.6. The Morgan fingerprint density at radius 2 is 1.71 bits per heavy atom. The number of methoxy groups -OCH3 is 2. The predicted octanol–water partition coefficient (Wildman–Crippen LogP) is 6.03. The van der Waals surface area contributed by atoms with E-state index in [0.717, 1.165) is 5.56 Å². The molecule has 0 unspecified atom stereocenters. The average Bonchev–Trinajstić information content (AvgIpc) is 2.91. The van der Waals surface area contributed by atoms with E-state index in [-0.39, 0.29) is 41.4 Å². The molecule has 5 rings (SSSR count). The first-order chi connectivity index (χ1) is 18.2. The van der Waals surface area contributed by atoms with Crippen molar-refractivity contribution < 1.29 is 36.2 Å². The van der Waals surface area contributed by atoms with E-state index < -0.39 is 22.9 Å². The zero-order valence-corrected chi connectivity index (χ0v) is 20.5. The van der Waals surface area contributed by atoms with Crippen LogP contribution in [0.4, 0.5) is 17.6 Å². The number of hydrogen-bond donors (Lipinski definition) is 0. The quantitative estimate of drug-likeness (QED) is 0.284. The van der Waals surface area contributed by atoms with Gasteiger partial charge < -0.3 is 18.6 Å². The van der Waals surface area contributed by atoms with Crippen molar-refractivity contribution in [3.05, 3.63) is 87.5 Å². The summed E-state index contributed by atoms with van der Waals surface area (Å²) in [6, 6.07) is 13.2. The molecule has 4 aromatic rings. The largest absolute Gasteiger partial charge is 0.493 e. The van der Waals surface area contributed by atoms with E-state index in [0.29, 0.717) is 30.0 Å². The third kappa shape index (κ3) is 4.79. The lowest BCUT2D eigenvalue weighted by molar-refractivity contribution is -0.152. The van der Waals surface area contributed by atoms with Gasteiger partial charge in [-0.1, -0.05) is 18.2 Å². The number of hydrogen-bond acceptors (Lipinski definition) is 6. The normalized spacial score (nSPS) is 13.7. The molecule has 2 heterocycles. The zero-order chi connectivity index (χ0) is 27.0. The second-order valence-electron chi connectivity index (χ2n) is 8.82. The van der Waals surface area contributed by atoms with Crippen LogP contribution in [0.15, 0.2) is 63.8 Å². The van der Waals surface area contributed by atoms with Gasteiger partial charge in [0.25, 0.3) is 0 Å². The number of ether oxygens (including phenoxy) is 3. The lowest BCUT2D eigenvalue weighted by Gasteiger charge is -2.29. The second kappa shape index (κ2) is 10.0. The summed E-state index contributed by atoms with van der Waals surface area (Å²) in [6.07, 6.45) is -4.37. The Labute approximate surface area is 215 Å². The maximum absolute atomic E-state index is 14.3. The Hall–Kier alpha value is -4.05. The molecular weight excluding hydrogens is 506 g/mol. The first kappa shape index (κ1) is 25.6. The molecule has 0 saturated heterocycles. The molecule has 0 spiro atoms. The van der Waals surface area contributed by atoms with Gasteiger partial charge in [-0.2, -0.15) is 13.2 Å². The molecule has 0 fully saturated rings. The number of rotatable bonds is 6. The van der Waals surface area contributed by atoms with Gasteiger partial charge in [-0.3, -0.25) is 9.69 Å². The van der Waals surface area contributed by atoms with Crippen LogP contribution in [-0.4, -0.2) is 32.4 Å². The molecule has 0 N–H and O–H groups in total. The van der Waals surface area contributed by atoms with Crippen molar-refractivity contribution in [2.24, 2.45) is 0 Å². The minimum atomic E-state index is -4.95. The van der Waals surface area contributed by atoms with Crippen molar-refractivity contribution in [1.82, 2.24) is 4.90 Å². The van der Waals surface area contributed by atoms with E-state index in [4.69, 9.17) is 18.6 Å². The molecular formula is C28H23F4NO5. The highest BCUT2D eigenvalue weighted by atomic mass is 19.4. The summed E-state index contributed by atoms with van der Waals surface area (Å²) in [5.74, 6) is -0.904. The summed E-state index contributed by atoms with van der Waals surface area (Å²) in [6.45, 7) is 0.922. The minimum Gasteiger partial charge on any atom is -0.493 e. The van der Waals surface area contributed by atoms with Crippen LogP contribution in [-0.2, 0) is 19.1 Å². The molecule has 1 aliphatic rings. The van der Waals surface area contributed by atoms with Gasteiger partial charge in [-0.05, 0) is 53.9 Å². The number of benzene rings is 3. The fraction of sp³-hybridized carbons (Fsp3) is 0.250. The van der Waals surface area contributed by atoms with Crippen LogP contribution >= 0.6 is 0 Å². The summed E-state index contributed by atoms with van der Waals surface area (Å²) in [5, 5.41) is 0.00511. The van der Waals surface area contributed by atoms with Crippen molar-refractivity contribution >= 4 is 11.0 Å². The monoisotopic (exact) mass is 529 g/mol. The van der Waals surface area contributed by atoms with Crippen molar-refractivity contribution in [3.63, 3.8) is 0 Å². The van der Waals surface area contributed by atoms with Crippen molar-refractivity contribution in [2.45, 2.75) is 19.1 Å². The fourth-order valence-corrected chi connectivity index (χ4v) is 4.55. The van der Waals surface area contributed by atoms with Crippen LogP contribution in [0.1, 0.15) is 16.9 Å². The van der Waals surface area contributed by atoms with Gasteiger partial charge in [0, 0.05) is 13.1 Å². The van der Waals surface area contributed by atoms with Crippen LogP contribution in [0.25, 0.3) is 22.1 Å². The van der Waals surface area contributed by atoms with Crippen molar-refractivity contribution in [2.75, 3.05) is 27.5 Å². The van der Waals surface area contributed by atoms with Gasteiger partial charge in [0.2, 0.25) is 11.2 Å². The third-order valence-electron chi connectivity index (χ3n) is 6.46.